The van der Waals surface area contributed by atoms with Gasteiger partial charge in [0, 0.05) is 12.7 Å². The summed E-state index contributed by atoms with van der Waals surface area (Å²) in [5.74, 6) is 0.339. The van der Waals surface area contributed by atoms with Crippen LogP contribution in [0.15, 0.2) is 224 Å². The molecule has 0 saturated carbocycles. The van der Waals surface area contributed by atoms with E-state index in [4.69, 9.17) is 61.3 Å². The molecule has 3 heterocycles. The highest BCUT2D eigenvalue weighted by Gasteiger charge is 2.55. The molecule has 0 radical (unpaired) electrons. The number of ether oxygens (including phenoxy) is 12. The molecule has 3 aliphatic heterocycles. The van der Waals surface area contributed by atoms with Crippen LogP contribution in [0.3, 0.4) is 0 Å². The molecule has 0 N–H and O–H groups in total. The quantitative estimate of drug-likeness (QED) is 0.0506. The molecule has 3 fully saturated rings. The summed E-state index contributed by atoms with van der Waals surface area (Å²) >= 11 is 0. The molecule has 0 aliphatic carbocycles. The van der Waals surface area contributed by atoms with Crippen LogP contribution in [-0.2, 0) is 85.1 Å². The van der Waals surface area contributed by atoms with Crippen molar-refractivity contribution >= 4 is 18.7 Å². The Morgan fingerprint density at radius 1 is 0.460 bits per heavy atom. The molecule has 3 saturated heterocycles. The van der Waals surface area contributed by atoms with Crippen molar-refractivity contribution in [1.29, 1.82) is 0 Å². The molecule has 87 heavy (non-hydrogen) atoms. The topological polar surface area (TPSA) is 120 Å². The molecular weight excluding hydrogens is 1120 g/mol. The first-order valence-electron chi connectivity index (χ1n) is 29.8. The summed E-state index contributed by atoms with van der Waals surface area (Å²) in [6.07, 6.45) is -9.11. The number of hydrogen-bond donors (Lipinski definition) is 0. The minimum absolute atomic E-state index is 0.0406. The van der Waals surface area contributed by atoms with Gasteiger partial charge < -0.3 is 61.3 Å². The van der Waals surface area contributed by atoms with Gasteiger partial charge in [-0.2, -0.15) is 0 Å². The lowest BCUT2D eigenvalue weighted by molar-refractivity contribution is -0.379. The molecule has 454 valence electrons. The second kappa shape index (κ2) is 29.4. The second-order valence-electron chi connectivity index (χ2n) is 23.0. The van der Waals surface area contributed by atoms with E-state index in [1.807, 2.05) is 188 Å². The number of fused-ring (bicyclic) bond motifs is 1. The zero-order valence-corrected chi connectivity index (χ0v) is 50.8. The van der Waals surface area contributed by atoms with Crippen LogP contribution in [0.5, 0.6) is 11.5 Å². The van der Waals surface area contributed by atoms with E-state index in [0.717, 1.165) is 38.2 Å². The SMILES string of the molecule is COc1ccc(CO[C@@H]2[C@H](OC[C@H]3O[C@H](OC)[C@H](OCc4ccccc4)[C@@H](OCc4ccccc4)[C@@H]3OCc3ccccc3)O[C@@H]3CO[C@@H](c4ccccc4)O[C@H]3[C@@H]2OCc2ccc(O[Si](c3ccccc3)(c3ccccc3)C(C)(C)C)c(F)c2)cc1. The maximum absolute atomic E-state index is 17.1. The molecule has 11 atom stereocenters. The van der Waals surface area contributed by atoms with E-state index in [-0.39, 0.29) is 52.0 Å². The van der Waals surface area contributed by atoms with Crippen LogP contribution in [0, 0.1) is 5.82 Å². The van der Waals surface area contributed by atoms with Crippen LogP contribution < -0.4 is 19.5 Å². The molecule has 15 heteroatoms. The number of halogens is 1. The van der Waals surface area contributed by atoms with Gasteiger partial charge >= 0.3 is 8.32 Å². The predicted octanol–water partition coefficient (Wildman–Crippen LogP) is 12.2. The third-order valence-electron chi connectivity index (χ3n) is 16.2. The van der Waals surface area contributed by atoms with E-state index in [0.29, 0.717) is 11.3 Å². The van der Waals surface area contributed by atoms with Crippen molar-refractivity contribution < 1.29 is 65.7 Å². The molecule has 0 bridgehead atoms. The number of benzene rings is 8. The highest BCUT2D eigenvalue weighted by Crippen LogP contribution is 2.41. The average Bonchev–Trinajstić information content (AvgIpc) is 1.31. The number of rotatable bonds is 25. The Morgan fingerprint density at radius 3 is 1.44 bits per heavy atom. The highest BCUT2D eigenvalue weighted by atomic mass is 28.4. The van der Waals surface area contributed by atoms with E-state index in [2.05, 4.69) is 45.0 Å². The van der Waals surface area contributed by atoms with Gasteiger partial charge in [0.15, 0.2) is 24.7 Å². The van der Waals surface area contributed by atoms with Crippen molar-refractivity contribution in [2.75, 3.05) is 27.4 Å². The van der Waals surface area contributed by atoms with E-state index in [1.54, 1.807) is 20.3 Å². The van der Waals surface area contributed by atoms with Crippen molar-refractivity contribution in [3.63, 3.8) is 0 Å². The van der Waals surface area contributed by atoms with E-state index >= 15 is 4.39 Å². The Morgan fingerprint density at radius 2 is 0.920 bits per heavy atom. The first-order valence-corrected chi connectivity index (χ1v) is 31.7. The summed E-state index contributed by atoms with van der Waals surface area (Å²) in [6.45, 7) is 7.38. The van der Waals surface area contributed by atoms with Crippen LogP contribution in [-0.4, -0.2) is 97.2 Å². The summed E-state index contributed by atoms with van der Waals surface area (Å²) in [7, 11) is 0.0349. The largest absolute Gasteiger partial charge is 0.532 e. The molecule has 0 amide bonds. The van der Waals surface area contributed by atoms with Crippen LogP contribution in [0.25, 0.3) is 0 Å². The van der Waals surface area contributed by atoms with E-state index < -0.39 is 86.9 Å². The summed E-state index contributed by atoms with van der Waals surface area (Å²) in [5.41, 5.74) is 5.14. The van der Waals surface area contributed by atoms with Crippen LogP contribution in [0.2, 0.25) is 5.04 Å². The van der Waals surface area contributed by atoms with E-state index in [1.165, 1.54) is 6.07 Å². The Bertz CT molecular complexity index is 3290. The molecule has 11 rings (SSSR count). The first-order chi connectivity index (χ1) is 42.6. The fraction of sp³-hybridized carbons (Fsp3) is 0.333. The lowest BCUT2D eigenvalue weighted by Gasteiger charge is -2.49. The number of hydrogen-bond acceptors (Lipinski definition) is 13. The van der Waals surface area contributed by atoms with Crippen LogP contribution >= 0.6 is 0 Å². The van der Waals surface area contributed by atoms with E-state index in [9.17, 15) is 0 Å². The molecule has 0 unspecified atom stereocenters. The predicted molar refractivity (Wildman–Crippen MR) is 330 cm³/mol. The number of methoxy groups -OCH3 is 2. The minimum atomic E-state index is -3.18. The summed E-state index contributed by atoms with van der Waals surface area (Å²) < 4.78 is 105. The lowest BCUT2D eigenvalue weighted by atomic mass is 9.96. The van der Waals surface area contributed by atoms with Gasteiger partial charge in [0.25, 0.3) is 0 Å². The monoisotopic (exact) mass is 1200 g/mol. The fourth-order valence-electron chi connectivity index (χ4n) is 11.7. The standard InChI is InChI=1S/C72H77FO13Si/c1-72(2,3)87(57-32-20-10-21-33-57,58-34-22-11-23-35-58)86-60-41-38-54(42-59(60)73)47-78-66-64-62(49-81-69(85-64)55-30-18-9-19-31-55)84-71(68(66)80-46-53-36-39-56(74-4)40-37-53)82-48-61-63(76-43-50-24-12-6-13-25-50)65(77-44-51-26-14-7-15-27-51)67(70(75-5)83-61)79-45-52-28-16-8-17-29-52/h6-42,61-71H,43-49H2,1-5H3/t61-,62-,63-,64-,65+,66+,67-,68+,69-,70+,71-/m1/s1. The van der Waals surface area contributed by atoms with Gasteiger partial charge in [-0.15, -0.1) is 0 Å². The molecule has 13 nitrogen and oxygen atoms in total. The lowest BCUT2D eigenvalue weighted by Crippen LogP contribution is -2.68. The van der Waals surface area contributed by atoms with Crippen molar-refractivity contribution in [1.82, 2.24) is 0 Å². The van der Waals surface area contributed by atoms with Crippen LogP contribution in [0.4, 0.5) is 4.39 Å². The summed E-state index contributed by atoms with van der Waals surface area (Å²) in [5, 5.41) is 1.67. The van der Waals surface area contributed by atoms with Crippen molar-refractivity contribution in [2.24, 2.45) is 0 Å². The van der Waals surface area contributed by atoms with Gasteiger partial charge in [-0.3, -0.25) is 0 Å². The van der Waals surface area contributed by atoms with Gasteiger partial charge in [-0.05, 0) is 67.5 Å². The molecule has 3 aliphatic rings. The van der Waals surface area contributed by atoms with Gasteiger partial charge in [0.2, 0.25) is 0 Å². The highest BCUT2D eigenvalue weighted by molar-refractivity contribution is 7.00. The minimum Gasteiger partial charge on any atom is -0.532 e. The Hall–Kier alpha value is -6.93. The third-order valence-corrected chi connectivity index (χ3v) is 21.1. The maximum atomic E-state index is 17.1. The smallest absolute Gasteiger partial charge is 0.320 e. The van der Waals surface area contributed by atoms with Crippen LogP contribution in [0.1, 0.15) is 60.4 Å². The van der Waals surface area contributed by atoms with Crippen molar-refractivity contribution in [3.05, 3.63) is 264 Å². The molecule has 8 aromatic carbocycles. The zero-order chi connectivity index (χ0) is 60.0. The Balaban J connectivity index is 0.919. The molecule has 0 spiro atoms. The average molecular weight is 1200 g/mol. The Labute approximate surface area is 511 Å². The summed E-state index contributed by atoms with van der Waals surface area (Å²) in [6, 6.07) is 72.6. The van der Waals surface area contributed by atoms with Gasteiger partial charge in [0.05, 0.1) is 53.4 Å². The summed E-state index contributed by atoms with van der Waals surface area (Å²) in [4.78, 5) is 0. The maximum Gasteiger partial charge on any atom is 0.320 e. The van der Waals surface area contributed by atoms with Crippen molar-refractivity contribution in [3.8, 4) is 11.5 Å². The second-order valence-corrected chi connectivity index (χ2v) is 27.3. The molecule has 0 aromatic heterocycles. The van der Waals surface area contributed by atoms with Crippen molar-refractivity contribution in [2.45, 2.75) is 127 Å². The van der Waals surface area contributed by atoms with Gasteiger partial charge in [-0.25, -0.2) is 4.39 Å². The fourth-order valence-corrected chi connectivity index (χ4v) is 16.1. The van der Waals surface area contributed by atoms with Gasteiger partial charge in [0.1, 0.15) is 60.3 Å². The first kappa shape index (κ1) is 61.7. The van der Waals surface area contributed by atoms with Gasteiger partial charge in [-0.1, -0.05) is 221 Å². The normalized spacial score (nSPS) is 24.0. The zero-order valence-electron chi connectivity index (χ0n) is 49.8. The third kappa shape index (κ3) is 15.0. The Kier molecular flexibility index (Phi) is 20.8. The molecular formula is C72H77FO13Si. The molecule has 8 aromatic rings.